The molecular formula is C21H27FN2O5S. The summed E-state index contributed by atoms with van der Waals surface area (Å²) in [5, 5.41) is 0.285. The van der Waals surface area contributed by atoms with Crippen molar-refractivity contribution in [2.45, 2.75) is 69.8 Å². The van der Waals surface area contributed by atoms with Crippen LogP contribution in [0, 0.1) is 0 Å². The van der Waals surface area contributed by atoms with Crippen molar-refractivity contribution in [1.82, 2.24) is 4.90 Å². The predicted molar refractivity (Wildman–Crippen MR) is 112 cm³/mol. The van der Waals surface area contributed by atoms with Crippen LogP contribution in [0.25, 0.3) is 0 Å². The van der Waals surface area contributed by atoms with E-state index in [1.807, 2.05) is 30.3 Å². The number of rotatable bonds is 4. The summed E-state index contributed by atoms with van der Waals surface area (Å²) in [6.07, 6.45) is -4.28. The average Bonchev–Trinajstić information content (AvgIpc) is 3.10. The first-order valence-electron chi connectivity index (χ1n) is 9.73. The van der Waals surface area contributed by atoms with E-state index in [1.165, 1.54) is 18.9 Å². The minimum atomic E-state index is -1.56. The van der Waals surface area contributed by atoms with Crippen LogP contribution in [0.2, 0.25) is 0 Å². The predicted octanol–water partition coefficient (Wildman–Crippen LogP) is 3.56. The molecule has 5 atom stereocenters. The molecule has 2 aliphatic rings. The Labute approximate surface area is 180 Å². The smallest absolute Gasteiger partial charge is 0.416 e. The molecule has 1 aromatic carbocycles. The maximum absolute atomic E-state index is 15.4. The van der Waals surface area contributed by atoms with E-state index >= 15 is 4.39 Å². The summed E-state index contributed by atoms with van der Waals surface area (Å²) < 4.78 is 32.4. The molecule has 0 radical (unpaired) electrons. The number of ketones is 1. The maximum Gasteiger partial charge on any atom is 0.416 e. The summed E-state index contributed by atoms with van der Waals surface area (Å²) in [4.78, 5) is 30.0. The largest absolute Gasteiger partial charge is 0.443 e. The Hall–Kier alpha value is -1.97. The van der Waals surface area contributed by atoms with Gasteiger partial charge in [0.2, 0.25) is 0 Å². The molecule has 1 saturated heterocycles. The van der Waals surface area contributed by atoms with E-state index in [9.17, 15) is 9.59 Å². The fourth-order valence-electron chi connectivity index (χ4n) is 3.15. The Morgan fingerprint density at radius 2 is 1.93 bits per heavy atom. The number of aliphatic imine (C=N–C) groups is 1. The van der Waals surface area contributed by atoms with E-state index in [0.29, 0.717) is 0 Å². The van der Waals surface area contributed by atoms with Crippen LogP contribution in [0.3, 0.4) is 0 Å². The van der Waals surface area contributed by atoms with Crippen molar-refractivity contribution in [1.29, 1.82) is 0 Å². The van der Waals surface area contributed by atoms with Gasteiger partial charge in [-0.15, -0.1) is 0 Å². The highest BCUT2D eigenvalue weighted by molar-refractivity contribution is 8.14. The molecule has 0 aromatic heterocycles. The molecule has 1 amide bonds. The van der Waals surface area contributed by atoms with Gasteiger partial charge in [0, 0.05) is 7.05 Å². The lowest BCUT2D eigenvalue weighted by Gasteiger charge is -2.38. The molecule has 2 aliphatic heterocycles. The van der Waals surface area contributed by atoms with Gasteiger partial charge in [-0.05, 0) is 33.3 Å². The molecule has 164 valence electrons. The van der Waals surface area contributed by atoms with Crippen LogP contribution >= 0.6 is 11.8 Å². The SMILES string of the molecule is CC(=O)[C@H]1O[C@@H]2SC(N(C)C(=O)OC(C)(C)C)=N[C@@H]2[C@H](F)[C@@H]1OCc1ccccc1. The van der Waals surface area contributed by atoms with Gasteiger partial charge in [-0.25, -0.2) is 9.18 Å². The molecule has 0 unspecified atom stereocenters. The normalized spacial score (nSPS) is 28.5. The molecule has 2 heterocycles. The number of hydrogen-bond acceptors (Lipinski definition) is 7. The van der Waals surface area contributed by atoms with Crippen LogP contribution in [0.5, 0.6) is 0 Å². The fourth-order valence-corrected chi connectivity index (χ4v) is 4.30. The van der Waals surface area contributed by atoms with Gasteiger partial charge in [-0.1, -0.05) is 42.1 Å². The molecule has 30 heavy (non-hydrogen) atoms. The third-order valence-electron chi connectivity index (χ3n) is 4.62. The molecule has 0 saturated carbocycles. The van der Waals surface area contributed by atoms with Crippen LogP contribution in [0.4, 0.5) is 9.18 Å². The molecule has 0 N–H and O–H groups in total. The number of ether oxygens (including phenoxy) is 3. The lowest BCUT2D eigenvalue weighted by atomic mass is 9.97. The van der Waals surface area contributed by atoms with E-state index in [2.05, 4.69) is 4.99 Å². The summed E-state index contributed by atoms with van der Waals surface area (Å²) in [7, 11) is 1.51. The lowest BCUT2D eigenvalue weighted by Crippen LogP contribution is -2.56. The average molecular weight is 439 g/mol. The van der Waals surface area contributed by atoms with Crippen molar-refractivity contribution >= 4 is 28.8 Å². The summed E-state index contributed by atoms with van der Waals surface area (Å²) in [6, 6.07) is 8.43. The number of amides is 1. The first kappa shape index (κ1) is 22.7. The van der Waals surface area contributed by atoms with Gasteiger partial charge in [-0.3, -0.25) is 14.7 Å². The minimum Gasteiger partial charge on any atom is -0.443 e. The van der Waals surface area contributed by atoms with Gasteiger partial charge in [-0.2, -0.15) is 0 Å². The number of carbonyl (C=O) groups is 2. The van der Waals surface area contributed by atoms with Crippen molar-refractivity contribution in [2.24, 2.45) is 4.99 Å². The molecule has 1 fully saturated rings. The first-order valence-corrected chi connectivity index (χ1v) is 10.6. The van der Waals surface area contributed by atoms with Crippen LogP contribution in [-0.4, -0.2) is 64.5 Å². The maximum atomic E-state index is 15.4. The van der Waals surface area contributed by atoms with E-state index < -0.39 is 41.6 Å². The molecule has 0 aliphatic carbocycles. The minimum absolute atomic E-state index is 0.151. The molecular weight excluding hydrogens is 411 g/mol. The number of carbonyl (C=O) groups excluding carboxylic acids is 2. The van der Waals surface area contributed by atoms with Crippen molar-refractivity contribution in [3.63, 3.8) is 0 Å². The van der Waals surface area contributed by atoms with Crippen molar-refractivity contribution in [3.8, 4) is 0 Å². The Morgan fingerprint density at radius 3 is 2.53 bits per heavy atom. The number of thioether (sulfide) groups is 1. The molecule has 1 aromatic rings. The number of amidine groups is 1. The molecule has 0 spiro atoms. The highest BCUT2D eigenvalue weighted by Gasteiger charge is 2.52. The quantitative estimate of drug-likeness (QED) is 0.715. The van der Waals surface area contributed by atoms with Crippen LogP contribution in [-0.2, 0) is 25.6 Å². The second-order valence-electron chi connectivity index (χ2n) is 8.30. The van der Waals surface area contributed by atoms with Gasteiger partial charge in [0.05, 0.1) is 6.61 Å². The summed E-state index contributed by atoms with van der Waals surface area (Å²) in [5.41, 5.74) is -0.522. The number of alkyl halides is 1. The Morgan fingerprint density at radius 1 is 1.27 bits per heavy atom. The van der Waals surface area contributed by atoms with Gasteiger partial charge >= 0.3 is 6.09 Å². The molecule has 0 bridgehead atoms. The van der Waals surface area contributed by atoms with Gasteiger partial charge < -0.3 is 14.2 Å². The summed E-state index contributed by atoms with van der Waals surface area (Å²) in [5.74, 6) is -0.316. The summed E-state index contributed by atoms with van der Waals surface area (Å²) >= 11 is 1.10. The summed E-state index contributed by atoms with van der Waals surface area (Å²) in [6.45, 7) is 6.78. The molecule has 9 heteroatoms. The highest BCUT2D eigenvalue weighted by Crippen LogP contribution is 2.40. The number of nitrogens with zero attached hydrogens (tertiary/aromatic N) is 2. The van der Waals surface area contributed by atoms with Crippen molar-refractivity contribution in [3.05, 3.63) is 35.9 Å². The molecule has 7 nitrogen and oxygen atoms in total. The van der Waals surface area contributed by atoms with Crippen molar-refractivity contribution in [2.75, 3.05) is 7.05 Å². The first-order chi connectivity index (χ1) is 14.1. The fraction of sp³-hybridized carbons (Fsp3) is 0.571. The number of fused-ring (bicyclic) bond motifs is 1. The van der Waals surface area contributed by atoms with Crippen LogP contribution < -0.4 is 0 Å². The molecule has 3 rings (SSSR count). The monoisotopic (exact) mass is 438 g/mol. The number of halogens is 1. The number of Topliss-reactive ketones (excluding diaryl/α,β-unsaturated/α-hetero) is 1. The highest BCUT2D eigenvalue weighted by atomic mass is 32.2. The number of benzene rings is 1. The van der Waals surface area contributed by atoms with E-state index in [0.717, 1.165) is 17.3 Å². The van der Waals surface area contributed by atoms with Crippen LogP contribution in [0.15, 0.2) is 35.3 Å². The lowest BCUT2D eigenvalue weighted by molar-refractivity contribution is -0.172. The zero-order valence-corrected chi connectivity index (χ0v) is 18.5. The zero-order valence-electron chi connectivity index (χ0n) is 17.7. The topological polar surface area (TPSA) is 77.4 Å². The van der Waals surface area contributed by atoms with Crippen molar-refractivity contribution < 1.29 is 28.2 Å². The van der Waals surface area contributed by atoms with Gasteiger partial charge in [0.1, 0.15) is 29.3 Å². The van der Waals surface area contributed by atoms with Gasteiger partial charge in [0.25, 0.3) is 0 Å². The Kier molecular flexibility index (Phi) is 6.84. The third kappa shape index (κ3) is 5.19. The Balaban J connectivity index is 1.74. The van der Waals surface area contributed by atoms with E-state index in [-0.39, 0.29) is 17.6 Å². The van der Waals surface area contributed by atoms with Crippen LogP contribution in [0.1, 0.15) is 33.3 Å². The zero-order chi connectivity index (χ0) is 22.1. The van der Waals surface area contributed by atoms with Gasteiger partial charge in [0.15, 0.2) is 17.1 Å². The number of hydrogen-bond donors (Lipinski definition) is 0. The standard InChI is InChI=1S/C21H27FN2O5S/c1-12(25)16-17(27-11-13-9-7-6-8-10-13)14(22)15-18(28-16)30-19(23-15)24(5)20(26)29-21(2,3)4/h6-10,14-18H,11H2,1-5H3/t14-,15+,16+,17-,18+/m0/s1. The van der Waals surface area contributed by atoms with E-state index in [1.54, 1.807) is 20.8 Å². The van der Waals surface area contributed by atoms with E-state index in [4.69, 9.17) is 14.2 Å². The third-order valence-corrected chi connectivity index (χ3v) is 5.83. The second kappa shape index (κ2) is 9.03. The second-order valence-corrected chi connectivity index (χ2v) is 9.37. The Bertz CT molecular complexity index is 813.